The molecule has 1 aromatic heterocycles. The quantitative estimate of drug-likeness (QED) is 0.904. The highest BCUT2D eigenvalue weighted by atomic mass is 32.1. The molecular formula is C15H16F2N2S. The first-order valence-corrected chi connectivity index (χ1v) is 7.65. The van der Waals surface area contributed by atoms with Crippen molar-refractivity contribution in [1.82, 2.24) is 10.3 Å². The van der Waals surface area contributed by atoms with Gasteiger partial charge in [-0.05, 0) is 31.4 Å². The largest absolute Gasteiger partial charge is 0.309 e. The van der Waals surface area contributed by atoms with Gasteiger partial charge in [0.2, 0.25) is 0 Å². The Morgan fingerprint density at radius 1 is 1.25 bits per heavy atom. The monoisotopic (exact) mass is 294 g/mol. The normalized spacial score (nSPS) is 14.8. The van der Waals surface area contributed by atoms with Crippen LogP contribution in [-0.4, -0.2) is 11.0 Å². The van der Waals surface area contributed by atoms with Crippen LogP contribution >= 0.6 is 11.3 Å². The predicted molar refractivity (Wildman–Crippen MR) is 76.7 cm³/mol. The number of hydrogen-bond acceptors (Lipinski definition) is 3. The lowest BCUT2D eigenvalue weighted by molar-refractivity contribution is 0.584. The molecule has 1 aliphatic rings. The topological polar surface area (TPSA) is 24.9 Å². The lowest BCUT2D eigenvalue weighted by Crippen LogP contribution is -2.15. The highest BCUT2D eigenvalue weighted by molar-refractivity contribution is 7.15. The van der Waals surface area contributed by atoms with Gasteiger partial charge < -0.3 is 5.32 Å². The van der Waals surface area contributed by atoms with Crippen LogP contribution in [0.4, 0.5) is 8.78 Å². The Labute approximate surface area is 120 Å². The number of aryl methyl sites for hydroxylation is 1. The Hall–Kier alpha value is -1.33. The fraction of sp³-hybridized carbons (Fsp3) is 0.400. The minimum Gasteiger partial charge on any atom is -0.309 e. The molecule has 1 saturated carbocycles. The predicted octanol–water partition coefficient (Wildman–Crippen LogP) is 3.90. The molecule has 1 aromatic carbocycles. The van der Waals surface area contributed by atoms with E-state index in [1.807, 2.05) is 6.92 Å². The van der Waals surface area contributed by atoms with Gasteiger partial charge in [0.25, 0.3) is 0 Å². The van der Waals surface area contributed by atoms with Gasteiger partial charge in [0.05, 0.1) is 5.69 Å². The highest BCUT2D eigenvalue weighted by Crippen LogP contribution is 2.30. The molecule has 1 aliphatic carbocycles. The summed E-state index contributed by atoms with van der Waals surface area (Å²) in [5.74, 6) is -1.13. The van der Waals surface area contributed by atoms with Crippen molar-refractivity contribution in [3.63, 3.8) is 0 Å². The number of aromatic nitrogens is 1. The number of benzene rings is 1. The van der Waals surface area contributed by atoms with Crippen LogP contribution in [0.2, 0.25) is 0 Å². The van der Waals surface area contributed by atoms with Crippen molar-refractivity contribution in [3.05, 3.63) is 40.4 Å². The van der Waals surface area contributed by atoms with Gasteiger partial charge in [0, 0.05) is 29.1 Å². The summed E-state index contributed by atoms with van der Waals surface area (Å²) in [7, 11) is 0. The first-order chi connectivity index (χ1) is 9.65. The van der Waals surface area contributed by atoms with E-state index in [0.717, 1.165) is 24.7 Å². The van der Waals surface area contributed by atoms with E-state index in [2.05, 4.69) is 10.3 Å². The van der Waals surface area contributed by atoms with Crippen LogP contribution in [0.25, 0.3) is 10.6 Å². The fourth-order valence-electron chi connectivity index (χ4n) is 2.12. The van der Waals surface area contributed by atoms with Gasteiger partial charge in [-0.1, -0.05) is 6.92 Å². The average molecular weight is 294 g/mol. The summed E-state index contributed by atoms with van der Waals surface area (Å²) < 4.78 is 26.6. The van der Waals surface area contributed by atoms with Crippen molar-refractivity contribution < 1.29 is 8.78 Å². The maximum absolute atomic E-state index is 13.3. The number of hydrogen-bond donors (Lipinski definition) is 1. The van der Waals surface area contributed by atoms with Gasteiger partial charge in [-0.25, -0.2) is 13.8 Å². The van der Waals surface area contributed by atoms with Crippen molar-refractivity contribution in [2.45, 2.75) is 38.8 Å². The summed E-state index contributed by atoms with van der Waals surface area (Å²) in [5.41, 5.74) is 1.53. The average Bonchev–Trinajstić information content (AvgIpc) is 3.14. The first-order valence-electron chi connectivity index (χ1n) is 6.84. The Bertz CT molecular complexity index is 600. The summed E-state index contributed by atoms with van der Waals surface area (Å²) in [5, 5.41) is 4.15. The van der Waals surface area contributed by atoms with Crippen LogP contribution in [0, 0.1) is 11.6 Å². The maximum atomic E-state index is 13.3. The van der Waals surface area contributed by atoms with Crippen LogP contribution in [0.5, 0.6) is 0 Å². The molecule has 0 aliphatic heterocycles. The maximum Gasteiger partial charge on any atom is 0.126 e. The Morgan fingerprint density at radius 3 is 2.55 bits per heavy atom. The van der Waals surface area contributed by atoms with Crippen LogP contribution in [0.15, 0.2) is 18.2 Å². The molecule has 3 rings (SSSR count). The van der Waals surface area contributed by atoms with Crippen molar-refractivity contribution >= 4 is 11.3 Å². The third-order valence-corrected chi connectivity index (χ3v) is 4.50. The second-order valence-corrected chi connectivity index (χ2v) is 6.14. The second-order valence-electron chi connectivity index (χ2n) is 5.06. The van der Waals surface area contributed by atoms with Gasteiger partial charge in [-0.2, -0.15) is 0 Å². The molecule has 2 nitrogen and oxygen atoms in total. The smallest absolute Gasteiger partial charge is 0.126 e. The molecule has 1 fully saturated rings. The number of thiazole rings is 1. The summed E-state index contributed by atoms with van der Waals surface area (Å²) in [6.45, 7) is 2.84. The molecule has 1 N–H and O–H groups in total. The first kappa shape index (κ1) is 13.6. The summed E-state index contributed by atoms with van der Waals surface area (Å²) >= 11 is 1.52. The summed E-state index contributed by atoms with van der Waals surface area (Å²) in [6.07, 6.45) is 3.31. The van der Waals surface area contributed by atoms with Gasteiger partial charge in [-0.15, -0.1) is 11.3 Å². The van der Waals surface area contributed by atoms with E-state index in [9.17, 15) is 8.78 Å². The number of nitrogens with zero attached hydrogens (tertiary/aromatic N) is 1. The minimum atomic E-state index is -0.564. The molecule has 1 heterocycles. The van der Waals surface area contributed by atoms with Crippen molar-refractivity contribution in [2.24, 2.45) is 0 Å². The molecular weight excluding hydrogens is 278 g/mol. The van der Waals surface area contributed by atoms with E-state index < -0.39 is 11.6 Å². The molecule has 0 atom stereocenters. The van der Waals surface area contributed by atoms with E-state index in [1.165, 1.54) is 41.2 Å². The summed E-state index contributed by atoms with van der Waals surface area (Å²) in [6, 6.07) is 4.18. The number of halogens is 2. The molecule has 0 unspecified atom stereocenters. The molecule has 0 saturated heterocycles. The zero-order valence-corrected chi connectivity index (χ0v) is 12.1. The zero-order chi connectivity index (χ0) is 14.1. The van der Waals surface area contributed by atoms with E-state index in [4.69, 9.17) is 0 Å². The van der Waals surface area contributed by atoms with Crippen LogP contribution in [0.3, 0.4) is 0 Å². The van der Waals surface area contributed by atoms with Gasteiger partial charge in [0.15, 0.2) is 0 Å². The fourth-order valence-corrected chi connectivity index (χ4v) is 3.21. The number of rotatable bonds is 5. The second kappa shape index (κ2) is 5.58. The molecule has 5 heteroatoms. The standard InChI is InChI=1S/C15H16F2N2S/c1-2-13-14(8-18-12-3-4-12)20-15(19-13)9-5-10(16)7-11(17)6-9/h5-7,12,18H,2-4,8H2,1H3. The van der Waals surface area contributed by atoms with Crippen LogP contribution in [0.1, 0.15) is 30.3 Å². The lowest BCUT2D eigenvalue weighted by atomic mass is 10.2. The van der Waals surface area contributed by atoms with Crippen molar-refractivity contribution in [3.8, 4) is 10.6 Å². The SMILES string of the molecule is CCc1nc(-c2cc(F)cc(F)c2)sc1CNC1CC1. The Kier molecular flexibility index (Phi) is 3.81. The van der Waals surface area contributed by atoms with E-state index in [1.54, 1.807) is 0 Å². The molecule has 0 amide bonds. The van der Waals surface area contributed by atoms with Gasteiger partial charge in [0.1, 0.15) is 16.6 Å². The number of nitrogens with one attached hydrogen (secondary N) is 1. The van der Waals surface area contributed by atoms with E-state index in [-0.39, 0.29) is 0 Å². The molecule has 20 heavy (non-hydrogen) atoms. The molecule has 0 spiro atoms. The molecule has 0 radical (unpaired) electrons. The van der Waals surface area contributed by atoms with Crippen molar-refractivity contribution in [2.75, 3.05) is 0 Å². The molecule has 0 bridgehead atoms. The highest BCUT2D eigenvalue weighted by Gasteiger charge is 2.21. The van der Waals surface area contributed by atoms with Gasteiger partial charge in [-0.3, -0.25) is 0 Å². The molecule has 2 aromatic rings. The third-order valence-electron chi connectivity index (χ3n) is 3.35. The molecule has 106 valence electrons. The van der Waals surface area contributed by atoms with Gasteiger partial charge >= 0.3 is 0 Å². The summed E-state index contributed by atoms with van der Waals surface area (Å²) in [4.78, 5) is 5.69. The van der Waals surface area contributed by atoms with E-state index >= 15 is 0 Å². The Morgan fingerprint density at radius 2 is 1.95 bits per heavy atom. The van der Waals surface area contributed by atoms with Crippen LogP contribution in [-0.2, 0) is 13.0 Å². The Balaban J connectivity index is 1.88. The lowest BCUT2D eigenvalue weighted by Gasteiger charge is -2.00. The van der Waals surface area contributed by atoms with E-state index in [0.29, 0.717) is 16.6 Å². The minimum absolute atomic E-state index is 0.514. The third kappa shape index (κ3) is 3.04. The van der Waals surface area contributed by atoms with Crippen molar-refractivity contribution in [1.29, 1.82) is 0 Å². The van der Waals surface area contributed by atoms with Crippen LogP contribution < -0.4 is 5.32 Å². The zero-order valence-electron chi connectivity index (χ0n) is 11.2.